The second-order valence-electron chi connectivity index (χ2n) is 7.65. The third kappa shape index (κ3) is 4.47. The smallest absolute Gasteiger partial charge is 0.183 e. The number of hydrogen-bond donors (Lipinski definition) is 0. The van der Waals surface area contributed by atoms with Crippen molar-refractivity contribution in [1.29, 1.82) is 0 Å². The van der Waals surface area contributed by atoms with Gasteiger partial charge in [-0.2, -0.15) is 19.2 Å². The summed E-state index contributed by atoms with van der Waals surface area (Å²) in [6, 6.07) is 16.5. The lowest BCUT2D eigenvalue weighted by molar-refractivity contribution is 0.710. The average Bonchev–Trinajstić information content (AvgIpc) is 3.59. The molecule has 0 fully saturated rings. The van der Waals surface area contributed by atoms with Crippen LogP contribution in [0.15, 0.2) is 48.5 Å². The molecule has 2 aromatic carbocycles. The minimum absolute atomic E-state index is 0.789. The van der Waals surface area contributed by atoms with Gasteiger partial charge in [0.2, 0.25) is 9.92 Å². The van der Waals surface area contributed by atoms with Gasteiger partial charge in [-0.05, 0) is 82.3 Å². The summed E-state index contributed by atoms with van der Waals surface area (Å²) in [5.74, 6) is 1.58. The quantitative estimate of drug-likeness (QED) is 0.154. The van der Waals surface area contributed by atoms with E-state index in [1.807, 2.05) is 9.03 Å². The molecule has 0 bridgehead atoms. The summed E-state index contributed by atoms with van der Waals surface area (Å²) in [5, 5.41) is 29.0. The van der Waals surface area contributed by atoms with Crippen molar-refractivity contribution in [2.75, 3.05) is 0 Å². The summed E-state index contributed by atoms with van der Waals surface area (Å²) in [5.41, 5.74) is 2.05. The molecule has 4 heterocycles. The van der Waals surface area contributed by atoms with Crippen LogP contribution in [0.1, 0.15) is 22.9 Å². The molecule has 0 unspecified atom stereocenters. The zero-order valence-electron chi connectivity index (χ0n) is 17.6. The van der Waals surface area contributed by atoms with Crippen LogP contribution in [0, 0.1) is 7.14 Å². The van der Waals surface area contributed by atoms with Crippen molar-refractivity contribution in [2.24, 2.45) is 0 Å². The molecule has 8 nitrogen and oxygen atoms in total. The molecule has 6 rings (SSSR count). The number of aryl methyl sites for hydroxylation is 2. The Morgan fingerprint density at radius 3 is 1.41 bits per heavy atom. The highest BCUT2D eigenvalue weighted by Gasteiger charge is 2.15. The maximum Gasteiger partial charge on any atom is 0.234 e. The molecule has 0 aliphatic carbocycles. The lowest BCUT2D eigenvalue weighted by atomic mass is 10.2. The average molecular weight is 710 g/mol. The van der Waals surface area contributed by atoms with Crippen LogP contribution in [0.5, 0.6) is 0 Å². The zero-order valence-corrected chi connectivity index (χ0v) is 23.5. The lowest BCUT2D eigenvalue weighted by Gasteiger charge is -1.98. The summed E-state index contributed by atoms with van der Waals surface area (Å²) in [7, 11) is 0. The van der Waals surface area contributed by atoms with Crippen molar-refractivity contribution in [3.05, 3.63) is 65.7 Å². The summed E-state index contributed by atoms with van der Waals surface area (Å²) >= 11 is 7.82. The molecule has 0 saturated carbocycles. The first-order valence-electron chi connectivity index (χ1n) is 10.6. The number of unbranched alkanes of at least 4 members (excludes halogenated alkanes) is 1. The van der Waals surface area contributed by atoms with Gasteiger partial charge in [0.05, 0.1) is 0 Å². The SMILES string of the molecule is Ic1ccc(-c2nnc3sc(CCCCc4nn5c(-c6ccc(I)cc6)nnc5s4)nn23)cc1. The first-order valence-corrected chi connectivity index (χ1v) is 14.4. The van der Waals surface area contributed by atoms with Gasteiger partial charge in [0.25, 0.3) is 0 Å². The molecular formula is C22H16I2N8S2. The Kier molecular flexibility index (Phi) is 6.30. The Bertz CT molecular complexity index is 1460. The molecule has 4 aromatic heterocycles. The van der Waals surface area contributed by atoms with Gasteiger partial charge in [0, 0.05) is 31.1 Å². The Balaban J connectivity index is 1.10. The third-order valence-electron chi connectivity index (χ3n) is 5.30. The van der Waals surface area contributed by atoms with E-state index in [1.54, 1.807) is 22.7 Å². The number of rotatable bonds is 7. The number of hydrogen-bond acceptors (Lipinski definition) is 8. The van der Waals surface area contributed by atoms with Crippen molar-refractivity contribution >= 4 is 77.8 Å². The van der Waals surface area contributed by atoms with Crippen molar-refractivity contribution in [3.8, 4) is 22.8 Å². The van der Waals surface area contributed by atoms with E-state index < -0.39 is 0 Å². The van der Waals surface area contributed by atoms with E-state index in [0.29, 0.717) is 0 Å². The fourth-order valence-electron chi connectivity index (χ4n) is 3.63. The van der Waals surface area contributed by atoms with Crippen LogP contribution in [0.2, 0.25) is 0 Å². The number of nitrogens with zero attached hydrogens (tertiary/aromatic N) is 8. The topological polar surface area (TPSA) is 86.2 Å². The molecule has 0 radical (unpaired) electrons. The van der Waals surface area contributed by atoms with Crippen molar-refractivity contribution in [2.45, 2.75) is 25.7 Å². The normalized spacial score (nSPS) is 11.7. The van der Waals surface area contributed by atoms with Crippen LogP contribution in [-0.2, 0) is 12.8 Å². The monoisotopic (exact) mass is 710 g/mol. The van der Waals surface area contributed by atoms with Crippen LogP contribution in [0.3, 0.4) is 0 Å². The van der Waals surface area contributed by atoms with Gasteiger partial charge in [-0.3, -0.25) is 0 Å². The second kappa shape index (κ2) is 9.54. The minimum Gasteiger partial charge on any atom is -0.183 e. The van der Waals surface area contributed by atoms with E-state index in [2.05, 4.69) is 114 Å². The number of halogens is 2. The standard InChI is InChI=1S/C22H16I2N8S2/c23-15-9-5-13(6-10-15)19-25-27-21-31(19)29-17(33-21)3-1-2-4-18-30-32-20(26-28-22(32)34-18)14-7-11-16(24)12-8-14/h5-12H,1-4H2. The Morgan fingerprint density at radius 2 is 1.00 bits per heavy atom. The molecule has 0 N–H and O–H groups in total. The molecule has 0 spiro atoms. The Hall–Kier alpha value is -2.04. The molecule has 0 aliphatic rings. The predicted molar refractivity (Wildman–Crippen MR) is 150 cm³/mol. The largest absolute Gasteiger partial charge is 0.234 e. The fraction of sp³-hybridized carbons (Fsp3) is 0.182. The Morgan fingerprint density at radius 1 is 0.588 bits per heavy atom. The first kappa shape index (κ1) is 22.4. The van der Waals surface area contributed by atoms with Crippen molar-refractivity contribution < 1.29 is 0 Å². The maximum absolute atomic E-state index is 4.77. The third-order valence-corrected chi connectivity index (χ3v) is 8.66. The van der Waals surface area contributed by atoms with Gasteiger partial charge in [0.15, 0.2) is 11.6 Å². The minimum atomic E-state index is 0.789. The fourth-order valence-corrected chi connectivity index (χ4v) is 6.09. The molecule has 0 aliphatic heterocycles. The molecule has 12 heteroatoms. The molecule has 6 aromatic rings. The molecule has 34 heavy (non-hydrogen) atoms. The van der Waals surface area contributed by atoms with E-state index in [4.69, 9.17) is 10.2 Å². The number of benzene rings is 2. The number of aromatic nitrogens is 8. The van der Waals surface area contributed by atoms with Crippen molar-refractivity contribution in [1.82, 2.24) is 39.6 Å². The Labute approximate surface area is 229 Å². The van der Waals surface area contributed by atoms with E-state index in [-0.39, 0.29) is 0 Å². The summed E-state index contributed by atoms with van der Waals surface area (Å²) in [6.07, 6.45) is 3.90. The molecule has 0 saturated heterocycles. The van der Waals surface area contributed by atoms with E-state index in [9.17, 15) is 0 Å². The van der Waals surface area contributed by atoms with Crippen LogP contribution >= 0.6 is 67.9 Å². The van der Waals surface area contributed by atoms with Crippen LogP contribution < -0.4 is 0 Å². The van der Waals surface area contributed by atoms with Crippen LogP contribution in [0.25, 0.3) is 32.7 Å². The predicted octanol–water partition coefficient (Wildman–Crippen LogP) is 5.79. The molecular weight excluding hydrogens is 694 g/mol. The van der Waals surface area contributed by atoms with Gasteiger partial charge >= 0.3 is 0 Å². The molecule has 0 amide bonds. The second-order valence-corrected chi connectivity index (χ2v) is 12.2. The maximum atomic E-state index is 4.77. The van der Waals surface area contributed by atoms with Crippen LogP contribution in [-0.4, -0.2) is 39.6 Å². The molecule has 0 atom stereocenters. The summed E-state index contributed by atoms with van der Waals surface area (Å²) in [6.45, 7) is 0. The molecule has 170 valence electrons. The van der Waals surface area contributed by atoms with Gasteiger partial charge < -0.3 is 0 Å². The van der Waals surface area contributed by atoms with Gasteiger partial charge in [-0.1, -0.05) is 46.9 Å². The van der Waals surface area contributed by atoms with Gasteiger partial charge in [-0.25, -0.2) is 0 Å². The van der Waals surface area contributed by atoms with Gasteiger partial charge in [0.1, 0.15) is 10.0 Å². The van der Waals surface area contributed by atoms with E-state index >= 15 is 0 Å². The van der Waals surface area contributed by atoms with Crippen LogP contribution in [0.4, 0.5) is 0 Å². The highest BCUT2D eigenvalue weighted by atomic mass is 127. The zero-order chi connectivity index (χ0) is 23.1. The van der Waals surface area contributed by atoms with Gasteiger partial charge in [-0.15, -0.1) is 20.4 Å². The van der Waals surface area contributed by atoms with Crippen molar-refractivity contribution in [3.63, 3.8) is 0 Å². The highest BCUT2D eigenvalue weighted by Crippen LogP contribution is 2.25. The number of fused-ring (bicyclic) bond motifs is 2. The summed E-state index contributed by atoms with van der Waals surface area (Å²) < 4.78 is 6.10. The first-order chi connectivity index (χ1) is 16.6. The lowest BCUT2D eigenvalue weighted by Crippen LogP contribution is -1.95. The van der Waals surface area contributed by atoms with E-state index in [0.717, 1.165) is 68.4 Å². The van der Waals surface area contributed by atoms with E-state index in [1.165, 1.54) is 7.14 Å². The highest BCUT2D eigenvalue weighted by molar-refractivity contribution is 14.1. The summed E-state index contributed by atoms with van der Waals surface area (Å²) in [4.78, 5) is 1.67.